The van der Waals surface area contributed by atoms with Crippen molar-refractivity contribution >= 4 is 34.7 Å². The van der Waals surface area contributed by atoms with Crippen LogP contribution in [0.15, 0.2) is 84.3 Å². The topological polar surface area (TPSA) is 118 Å². The van der Waals surface area contributed by atoms with Gasteiger partial charge in [0.15, 0.2) is 0 Å². The van der Waals surface area contributed by atoms with Crippen LogP contribution < -0.4 is 20.2 Å². The molecule has 5 heterocycles. The minimum atomic E-state index is -1.19. The summed E-state index contributed by atoms with van der Waals surface area (Å²) in [5.41, 5.74) is 2.32. The van der Waals surface area contributed by atoms with Crippen LogP contribution in [-0.2, 0) is 21.8 Å². The van der Waals surface area contributed by atoms with Gasteiger partial charge in [-0.15, -0.1) is 0 Å². The Morgan fingerprint density at radius 2 is 1.69 bits per heavy atom. The van der Waals surface area contributed by atoms with Gasteiger partial charge in [0.25, 0.3) is 0 Å². The number of aromatic nitrogens is 7. The molecule has 2 aliphatic rings. The van der Waals surface area contributed by atoms with E-state index in [9.17, 15) is 4.79 Å². The second-order valence-electron chi connectivity index (χ2n) is 12.1. The summed E-state index contributed by atoms with van der Waals surface area (Å²) in [7, 11) is 0. The first-order valence-electron chi connectivity index (χ1n) is 16.3. The zero-order valence-electron chi connectivity index (χ0n) is 27.2. The molecule has 0 N–H and O–H groups in total. The summed E-state index contributed by atoms with van der Waals surface area (Å²) < 4.78 is 21.9. The van der Waals surface area contributed by atoms with Crippen LogP contribution in [0.5, 0.6) is 5.75 Å². The van der Waals surface area contributed by atoms with Gasteiger partial charge in [-0.1, -0.05) is 36.2 Å². The van der Waals surface area contributed by atoms with E-state index in [1.165, 1.54) is 14.0 Å². The smallest absolute Gasteiger partial charge is 0.350 e. The maximum absolute atomic E-state index is 12.8. The number of piperazine rings is 1. The molecule has 2 aromatic carbocycles. The first kappa shape index (κ1) is 33.1. The SMILES string of the molecule is CCC(C)n1ncn(-c2ccc(N3CCN(c4ccc(OC[C@@H]5CO[C@@](Cn6nccn6)(c6ccc(Cl)cc6Cl)O5)cc4)CC3)nc2)c1=O. The number of rotatable bonds is 11. The van der Waals surface area contributed by atoms with E-state index in [-0.39, 0.29) is 31.0 Å². The molecule has 2 saturated heterocycles. The third-order valence-electron chi connectivity index (χ3n) is 8.97. The molecule has 15 heteroatoms. The molecule has 0 amide bonds. The fourth-order valence-electron chi connectivity index (χ4n) is 6.08. The van der Waals surface area contributed by atoms with E-state index in [4.69, 9.17) is 37.4 Å². The summed E-state index contributed by atoms with van der Waals surface area (Å²) in [6.45, 7) is 8.17. The molecule has 1 unspecified atom stereocenters. The number of anilines is 2. The van der Waals surface area contributed by atoms with Gasteiger partial charge in [-0.3, -0.25) is 0 Å². The van der Waals surface area contributed by atoms with E-state index in [1.54, 1.807) is 43.1 Å². The molecule has 2 fully saturated rings. The lowest BCUT2D eigenvalue weighted by Crippen LogP contribution is -2.46. The molecular formula is C34H37Cl2N9O4. The van der Waals surface area contributed by atoms with Crippen molar-refractivity contribution in [1.29, 1.82) is 0 Å². The highest BCUT2D eigenvalue weighted by molar-refractivity contribution is 6.35. The summed E-state index contributed by atoms with van der Waals surface area (Å²) >= 11 is 12.7. The van der Waals surface area contributed by atoms with Gasteiger partial charge < -0.3 is 24.0 Å². The summed E-state index contributed by atoms with van der Waals surface area (Å²) in [6, 6.07) is 17.2. The predicted octanol–water partition coefficient (Wildman–Crippen LogP) is 4.97. The fraction of sp³-hybridized carbons (Fsp3) is 0.382. The molecule has 0 bridgehead atoms. The lowest BCUT2D eigenvalue weighted by molar-refractivity contribution is -0.192. The van der Waals surface area contributed by atoms with Crippen molar-refractivity contribution in [2.45, 2.75) is 44.7 Å². The zero-order chi connectivity index (χ0) is 34.0. The average Bonchev–Trinajstić information content (AvgIpc) is 3.88. The first-order chi connectivity index (χ1) is 23.8. The van der Waals surface area contributed by atoms with Gasteiger partial charge in [0, 0.05) is 42.5 Å². The third kappa shape index (κ3) is 7.02. The Bertz CT molecular complexity index is 1910. The van der Waals surface area contributed by atoms with E-state index < -0.39 is 5.79 Å². The van der Waals surface area contributed by atoms with E-state index in [0.29, 0.717) is 27.9 Å². The van der Waals surface area contributed by atoms with Crippen LogP contribution in [-0.4, -0.2) is 79.8 Å². The number of halogens is 2. The lowest BCUT2D eigenvalue weighted by atomic mass is 10.1. The van der Waals surface area contributed by atoms with E-state index in [0.717, 1.165) is 49.9 Å². The van der Waals surface area contributed by atoms with Gasteiger partial charge in [-0.25, -0.2) is 19.0 Å². The zero-order valence-corrected chi connectivity index (χ0v) is 28.7. The number of pyridine rings is 1. The summed E-state index contributed by atoms with van der Waals surface area (Å²) in [5.74, 6) is 0.436. The van der Waals surface area contributed by atoms with Crippen LogP contribution in [0, 0.1) is 0 Å². The Morgan fingerprint density at radius 1 is 0.959 bits per heavy atom. The molecule has 3 atom stereocenters. The number of ether oxygens (including phenoxy) is 3. The molecule has 0 saturated carbocycles. The van der Waals surface area contributed by atoms with Gasteiger partial charge in [0.1, 0.15) is 37.2 Å². The molecule has 5 aromatic rings. The van der Waals surface area contributed by atoms with Crippen LogP contribution in [0.2, 0.25) is 10.0 Å². The molecule has 0 spiro atoms. The van der Waals surface area contributed by atoms with Crippen molar-refractivity contribution in [3.05, 3.63) is 106 Å². The second-order valence-corrected chi connectivity index (χ2v) is 13.0. The quantitative estimate of drug-likeness (QED) is 0.186. The highest BCUT2D eigenvalue weighted by Crippen LogP contribution is 2.40. The van der Waals surface area contributed by atoms with Crippen LogP contribution in [0.3, 0.4) is 0 Å². The van der Waals surface area contributed by atoms with Crippen molar-refractivity contribution in [3.63, 3.8) is 0 Å². The number of hydrogen-bond acceptors (Lipinski definition) is 10. The Hall–Kier alpha value is -4.43. The summed E-state index contributed by atoms with van der Waals surface area (Å²) in [5, 5.41) is 13.7. The third-order valence-corrected chi connectivity index (χ3v) is 9.52. The van der Waals surface area contributed by atoms with Crippen molar-refractivity contribution in [1.82, 2.24) is 34.3 Å². The Morgan fingerprint density at radius 3 is 2.39 bits per heavy atom. The molecule has 7 rings (SSSR count). The van der Waals surface area contributed by atoms with E-state index in [1.807, 2.05) is 38.1 Å². The van der Waals surface area contributed by atoms with Crippen molar-refractivity contribution in [2.75, 3.05) is 49.2 Å². The maximum Gasteiger partial charge on any atom is 0.350 e. The molecule has 3 aromatic heterocycles. The standard InChI is InChI=1S/C34H37Cl2N9O4/c1-3-24(2)45-33(46)43(23-40-45)27-7-11-32(37-19-27)42-16-14-41(15-17-42)26-5-8-28(9-6-26)47-20-29-21-48-34(49-29,22-44-38-12-13-39-44)30-10-4-25(35)18-31(30)36/h4-13,18-19,23-24,29H,3,14-17,20-22H2,1-2H3/t24?,29-,34-/m1/s1. The molecular weight excluding hydrogens is 669 g/mol. The first-order valence-corrected chi connectivity index (χ1v) is 17.0. The van der Waals surface area contributed by atoms with Crippen LogP contribution in [0.1, 0.15) is 31.9 Å². The number of hydrogen-bond donors (Lipinski definition) is 0. The van der Waals surface area contributed by atoms with Crippen molar-refractivity contribution in [2.24, 2.45) is 0 Å². The van der Waals surface area contributed by atoms with Gasteiger partial charge in [-0.05, 0) is 61.9 Å². The molecule has 49 heavy (non-hydrogen) atoms. The minimum Gasteiger partial charge on any atom is -0.491 e. The van der Waals surface area contributed by atoms with E-state index in [2.05, 4.69) is 42.2 Å². The predicted molar refractivity (Wildman–Crippen MR) is 186 cm³/mol. The van der Waals surface area contributed by atoms with Gasteiger partial charge in [-0.2, -0.15) is 20.1 Å². The maximum atomic E-state index is 12.8. The van der Waals surface area contributed by atoms with Crippen LogP contribution in [0.25, 0.3) is 5.69 Å². The highest BCUT2D eigenvalue weighted by atomic mass is 35.5. The van der Waals surface area contributed by atoms with Crippen molar-refractivity contribution < 1.29 is 14.2 Å². The Kier molecular flexibility index (Phi) is 9.59. The average molecular weight is 707 g/mol. The molecule has 0 radical (unpaired) electrons. The van der Waals surface area contributed by atoms with Gasteiger partial charge in [0.05, 0.1) is 41.9 Å². The molecule has 2 aliphatic heterocycles. The van der Waals surface area contributed by atoms with Crippen LogP contribution >= 0.6 is 23.2 Å². The van der Waals surface area contributed by atoms with Gasteiger partial charge >= 0.3 is 5.69 Å². The van der Waals surface area contributed by atoms with Crippen LogP contribution in [0.4, 0.5) is 11.5 Å². The largest absolute Gasteiger partial charge is 0.491 e. The number of benzene rings is 2. The monoisotopic (exact) mass is 705 g/mol. The molecule has 13 nitrogen and oxygen atoms in total. The summed E-state index contributed by atoms with van der Waals surface area (Å²) in [4.78, 5) is 23.5. The van der Waals surface area contributed by atoms with Gasteiger partial charge in [0.2, 0.25) is 5.79 Å². The minimum absolute atomic E-state index is 0.0439. The Balaban J connectivity index is 0.925. The fourth-order valence-corrected chi connectivity index (χ4v) is 6.63. The van der Waals surface area contributed by atoms with Crippen molar-refractivity contribution in [3.8, 4) is 11.4 Å². The lowest BCUT2D eigenvalue weighted by Gasteiger charge is -2.36. The molecule has 0 aliphatic carbocycles. The second kappa shape index (κ2) is 14.2. The summed E-state index contributed by atoms with van der Waals surface area (Å²) in [6.07, 6.45) is 6.98. The normalized spacial score (nSPS) is 20.1. The Labute approximate surface area is 293 Å². The van der Waals surface area contributed by atoms with E-state index >= 15 is 0 Å². The highest BCUT2D eigenvalue weighted by Gasteiger charge is 2.46. The molecule has 256 valence electrons. The number of nitrogens with zero attached hydrogens (tertiary/aromatic N) is 9.